The van der Waals surface area contributed by atoms with Crippen LogP contribution < -0.4 is 11.2 Å². The number of nitrogens with zero attached hydrogens (tertiary/aromatic N) is 1. The second-order valence-corrected chi connectivity index (χ2v) is 6.91. The first kappa shape index (κ1) is 16.2. The topological polar surface area (TPSA) is 41.3 Å². The molecule has 0 amide bonds. The molecule has 0 bridgehead atoms. The maximum absolute atomic E-state index is 6.11. The lowest BCUT2D eigenvalue weighted by Gasteiger charge is -2.41. The molecule has 112 valence electrons. The Labute approximate surface area is 135 Å². The molecule has 0 aliphatic carbocycles. The van der Waals surface area contributed by atoms with Crippen LogP contribution in [0, 0.1) is 0 Å². The lowest BCUT2D eigenvalue weighted by molar-refractivity contribution is 0.0303. The van der Waals surface area contributed by atoms with Crippen LogP contribution in [0.15, 0.2) is 22.7 Å². The summed E-state index contributed by atoms with van der Waals surface area (Å²) in [7, 11) is 0. The summed E-state index contributed by atoms with van der Waals surface area (Å²) in [6, 6.07) is 6.98. The first-order valence-corrected chi connectivity index (χ1v) is 8.39. The van der Waals surface area contributed by atoms with Gasteiger partial charge in [-0.25, -0.2) is 10.4 Å². The second kappa shape index (κ2) is 7.23. The highest BCUT2D eigenvalue weighted by Gasteiger charge is 2.27. The molecule has 1 aliphatic rings. The summed E-state index contributed by atoms with van der Waals surface area (Å²) < 4.78 is 1.04. The predicted molar refractivity (Wildman–Crippen MR) is 88.7 cm³/mol. The van der Waals surface area contributed by atoms with Gasteiger partial charge >= 0.3 is 0 Å². The number of halogens is 2. The quantitative estimate of drug-likeness (QED) is 0.856. The van der Waals surface area contributed by atoms with Crippen molar-refractivity contribution in [1.29, 1.82) is 0 Å². The van der Waals surface area contributed by atoms with E-state index in [0.29, 0.717) is 18.6 Å². The third-order valence-corrected chi connectivity index (χ3v) is 5.02. The molecule has 3 nitrogen and oxygen atoms in total. The molecular formula is C15H23BrClN3. The van der Waals surface area contributed by atoms with E-state index in [9.17, 15) is 0 Å². The van der Waals surface area contributed by atoms with Crippen LogP contribution in [0.3, 0.4) is 0 Å². The summed E-state index contributed by atoms with van der Waals surface area (Å²) in [5.41, 5.74) is 10.7. The largest absolute Gasteiger partial charge is 0.329 e. The Hall–Kier alpha value is -0.130. The fraction of sp³-hybridized carbons (Fsp3) is 0.600. The molecule has 1 heterocycles. The molecule has 1 saturated heterocycles. The summed E-state index contributed by atoms with van der Waals surface area (Å²) in [4.78, 5) is 0. The fourth-order valence-corrected chi connectivity index (χ4v) is 3.59. The molecule has 0 aromatic heterocycles. The van der Waals surface area contributed by atoms with Gasteiger partial charge in [0.25, 0.3) is 0 Å². The molecule has 0 radical (unpaired) electrons. The van der Waals surface area contributed by atoms with Gasteiger partial charge in [0.05, 0.1) is 6.04 Å². The van der Waals surface area contributed by atoms with E-state index in [4.69, 9.17) is 17.3 Å². The van der Waals surface area contributed by atoms with E-state index in [1.54, 1.807) is 0 Å². The maximum Gasteiger partial charge on any atom is 0.0598 e. The molecule has 3 N–H and O–H groups in total. The lowest BCUT2D eigenvalue weighted by atomic mass is 9.99. The average molecular weight is 361 g/mol. The van der Waals surface area contributed by atoms with Crippen LogP contribution in [0.25, 0.3) is 0 Å². The molecule has 3 atom stereocenters. The van der Waals surface area contributed by atoms with Crippen molar-refractivity contribution in [2.24, 2.45) is 5.73 Å². The van der Waals surface area contributed by atoms with Crippen LogP contribution >= 0.6 is 27.5 Å². The van der Waals surface area contributed by atoms with Crippen molar-refractivity contribution < 1.29 is 0 Å². The number of hydrogen-bond donors (Lipinski definition) is 2. The van der Waals surface area contributed by atoms with Gasteiger partial charge in [0, 0.05) is 28.1 Å². The second-order valence-electron chi connectivity index (χ2n) is 5.62. The SMILES string of the molecule is CC1CCCC(C)N1NC(CN)c1cc(Cl)ccc1Br. The summed E-state index contributed by atoms with van der Waals surface area (Å²) in [6.45, 7) is 5.07. The van der Waals surface area contributed by atoms with E-state index < -0.39 is 0 Å². The van der Waals surface area contributed by atoms with Crippen molar-refractivity contribution in [3.63, 3.8) is 0 Å². The zero-order valence-corrected chi connectivity index (χ0v) is 14.4. The number of piperidine rings is 1. The Morgan fingerprint density at radius 3 is 2.65 bits per heavy atom. The normalized spacial score (nSPS) is 25.6. The van der Waals surface area contributed by atoms with Crippen LogP contribution in [-0.4, -0.2) is 23.6 Å². The number of hydrazine groups is 1. The fourth-order valence-electron chi connectivity index (χ4n) is 2.89. The standard InChI is InChI=1S/C15H23BrClN3/c1-10-4-3-5-11(2)20(10)19-15(9-18)13-8-12(17)6-7-14(13)16/h6-8,10-11,15,19H,3-5,9,18H2,1-2H3. The lowest BCUT2D eigenvalue weighted by Crippen LogP contribution is -2.54. The number of hydrogen-bond acceptors (Lipinski definition) is 3. The Kier molecular flexibility index (Phi) is 5.87. The van der Waals surface area contributed by atoms with Crippen molar-refractivity contribution in [3.05, 3.63) is 33.3 Å². The minimum atomic E-state index is 0.0751. The van der Waals surface area contributed by atoms with Crippen molar-refractivity contribution in [2.75, 3.05) is 6.54 Å². The van der Waals surface area contributed by atoms with Gasteiger partial charge in [-0.1, -0.05) is 34.0 Å². The van der Waals surface area contributed by atoms with Crippen molar-refractivity contribution >= 4 is 27.5 Å². The third kappa shape index (κ3) is 3.74. The van der Waals surface area contributed by atoms with Crippen molar-refractivity contribution in [1.82, 2.24) is 10.4 Å². The van der Waals surface area contributed by atoms with E-state index in [0.717, 1.165) is 15.1 Å². The zero-order valence-electron chi connectivity index (χ0n) is 12.1. The van der Waals surface area contributed by atoms with Gasteiger partial charge in [0.2, 0.25) is 0 Å². The molecule has 0 saturated carbocycles. The van der Waals surface area contributed by atoms with E-state index in [1.165, 1.54) is 19.3 Å². The molecule has 1 aliphatic heterocycles. The van der Waals surface area contributed by atoms with Gasteiger partial charge in [-0.05, 0) is 50.5 Å². The Bertz CT molecular complexity index is 445. The molecule has 2 rings (SSSR count). The van der Waals surface area contributed by atoms with Crippen LogP contribution in [0.5, 0.6) is 0 Å². The molecular weight excluding hydrogens is 338 g/mol. The number of nitrogens with two attached hydrogens (primary N) is 1. The smallest absolute Gasteiger partial charge is 0.0598 e. The molecule has 1 aromatic carbocycles. The molecule has 1 aromatic rings. The number of rotatable bonds is 4. The van der Waals surface area contributed by atoms with Crippen molar-refractivity contribution in [3.8, 4) is 0 Å². The van der Waals surface area contributed by atoms with E-state index in [-0.39, 0.29) is 6.04 Å². The van der Waals surface area contributed by atoms with Gasteiger partial charge in [-0.2, -0.15) is 0 Å². The highest BCUT2D eigenvalue weighted by Crippen LogP contribution is 2.28. The van der Waals surface area contributed by atoms with Crippen LogP contribution in [0.4, 0.5) is 0 Å². The molecule has 3 unspecified atom stereocenters. The maximum atomic E-state index is 6.11. The monoisotopic (exact) mass is 359 g/mol. The van der Waals surface area contributed by atoms with Gasteiger partial charge in [-0.3, -0.25) is 0 Å². The summed E-state index contributed by atoms with van der Waals surface area (Å²) in [5.74, 6) is 0. The molecule has 1 fully saturated rings. The number of nitrogens with one attached hydrogen (secondary N) is 1. The Morgan fingerprint density at radius 1 is 1.40 bits per heavy atom. The summed E-state index contributed by atoms with van der Waals surface area (Å²) in [5, 5.41) is 3.09. The average Bonchev–Trinajstić information content (AvgIpc) is 2.42. The molecule has 0 spiro atoms. The zero-order chi connectivity index (χ0) is 14.7. The van der Waals surface area contributed by atoms with Gasteiger partial charge in [0.15, 0.2) is 0 Å². The highest BCUT2D eigenvalue weighted by molar-refractivity contribution is 9.10. The summed E-state index contributed by atoms with van der Waals surface area (Å²) >= 11 is 9.71. The summed E-state index contributed by atoms with van der Waals surface area (Å²) in [6.07, 6.45) is 3.76. The minimum absolute atomic E-state index is 0.0751. The van der Waals surface area contributed by atoms with Gasteiger partial charge < -0.3 is 5.73 Å². The van der Waals surface area contributed by atoms with E-state index in [2.05, 4.69) is 40.2 Å². The Morgan fingerprint density at radius 2 is 2.05 bits per heavy atom. The number of benzene rings is 1. The highest BCUT2D eigenvalue weighted by atomic mass is 79.9. The first-order valence-electron chi connectivity index (χ1n) is 7.22. The van der Waals surface area contributed by atoms with E-state index in [1.807, 2.05) is 18.2 Å². The van der Waals surface area contributed by atoms with Crippen LogP contribution in [0.1, 0.15) is 44.7 Å². The van der Waals surface area contributed by atoms with Gasteiger partial charge in [-0.15, -0.1) is 0 Å². The van der Waals surface area contributed by atoms with Crippen molar-refractivity contribution in [2.45, 2.75) is 51.2 Å². The van der Waals surface area contributed by atoms with Crippen LogP contribution in [-0.2, 0) is 0 Å². The molecule has 5 heteroatoms. The van der Waals surface area contributed by atoms with Gasteiger partial charge in [0.1, 0.15) is 0 Å². The third-order valence-electron chi connectivity index (χ3n) is 4.07. The first-order chi connectivity index (χ1) is 9.52. The molecule has 20 heavy (non-hydrogen) atoms. The van der Waals surface area contributed by atoms with Crippen LogP contribution in [0.2, 0.25) is 5.02 Å². The predicted octanol–water partition coefficient (Wildman–Crippen LogP) is 3.87. The Balaban J connectivity index is 2.17. The minimum Gasteiger partial charge on any atom is -0.329 e. The van der Waals surface area contributed by atoms with E-state index >= 15 is 0 Å².